The van der Waals surface area contributed by atoms with E-state index >= 15 is 0 Å². The summed E-state index contributed by atoms with van der Waals surface area (Å²) in [7, 11) is 0. The molecule has 2 aromatic rings. The number of hydrogen-bond acceptors (Lipinski definition) is 5. The highest BCUT2D eigenvalue weighted by Gasteiger charge is 2.26. The first-order chi connectivity index (χ1) is 13.4. The maximum atomic E-state index is 12.1. The van der Waals surface area contributed by atoms with Crippen LogP contribution in [0.3, 0.4) is 0 Å². The Bertz CT molecular complexity index is 942. The number of H-pyrrole nitrogens is 1. The predicted octanol–water partition coefficient (Wildman–Crippen LogP) is 2.87. The zero-order valence-electron chi connectivity index (χ0n) is 15.2. The molecule has 1 heterocycles. The van der Waals surface area contributed by atoms with Gasteiger partial charge in [-0.3, -0.25) is 4.79 Å². The summed E-state index contributed by atoms with van der Waals surface area (Å²) in [6.45, 7) is 0.417. The first-order valence-electron chi connectivity index (χ1n) is 9.11. The molecule has 5 N–H and O–H groups in total. The number of nitrogen functional groups attached to an aromatic ring is 1. The molecule has 0 unspecified atom stereocenters. The lowest BCUT2D eigenvalue weighted by Crippen LogP contribution is -2.24. The number of nitrogens with one attached hydrogen (secondary N) is 1. The summed E-state index contributed by atoms with van der Waals surface area (Å²) in [6, 6.07) is 6.61. The summed E-state index contributed by atoms with van der Waals surface area (Å²) in [5.74, 6) is -3.33. The van der Waals surface area contributed by atoms with Crippen LogP contribution in [0.2, 0.25) is 0 Å². The average molecular weight is 386 g/mol. The fraction of sp³-hybridized carbons (Fsp3) is 0.350. The molecule has 8 heteroatoms. The van der Waals surface area contributed by atoms with Crippen LogP contribution < -0.4 is 11.3 Å². The van der Waals surface area contributed by atoms with Gasteiger partial charge in [-0.05, 0) is 24.0 Å². The van der Waals surface area contributed by atoms with E-state index in [0.717, 1.165) is 18.4 Å². The smallest absolute Gasteiger partial charge is 0.342 e. The average Bonchev–Trinajstić information content (AvgIpc) is 2.66. The number of aromatic nitrogens is 1. The van der Waals surface area contributed by atoms with Crippen molar-refractivity contribution in [1.29, 1.82) is 0 Å². The normalized spacial score (nSPS) is 14.7. The van der Waals surface area contributed by atoms with Crippen LogP contribution in [0.15, 0.2) is 29.1 Å². The van der Waals surface area contributed by atoms with Crippen LogP contribution >= 0.6 is 0 Å². The van der Waals surface area contributed by atoms with Crippen molar-refractivity contribution >= 4 is 17.8 Å². The molecular formula is C20H22N2O6. The molecule has 0 spiro atoms. The number of nitrogens with two attached hydrogens (primary N) is 1. The van der Waals surface area contributed by atoms with Crippen LogP contribution in [0.25, 0.3) is 11.1 Å². The van der Waals surface area contributed by atoms with Crippen molar-refractivity contribution in [3.05, 3.63) is 51.3 Å². The number of pyridine rings is 1. The number of carboxylic acids is 2. The number of rotatable bonds is 6. The van der Waals surface area contributed by atoms with E-state index in [9.17, 15) is 24.6 Å². The second kappa shape index (κ2) is 8.26. The summed E-state index contributed by atoms with van der Waals surface area (Å²) < 4.78 is 5.91. The van der Waals surface area contributed by atoms with Crippen molar-refractivity contribution in [2.45, 2.75) is 44.8 Å². The molecule has 0 amide bonds. The van der Waals surface area contributed by atoms with Gasteiger partial charge in [0.1, 0.15) is 16.9 Å². The Morgan fingerprint density at radius 3 is 2.21 bits per heavy atom. The topological polar surface area (TPSA) is 143 Å². The molecular weight excluding hydrogens is 364 g/mol. The lowest BCUT2D eigenvalue weighted by atomic mass is 9.94. The van der Waals surface area contributed by atoms with E-state index in [1.54, 1.807) is 24.3 Å². The molecule has 8 nitrogen and oxygen atoms in total. The monoisotopic (exact) mass is 386 g/mol. The lowest BCUT2D eigenvalue weighted by Gasteiger charge is -2.22. The number of hydrogen-bond donors (Lipinski definition) is 4. The molecule has 1 fully saturated rings. The number of aromatic amines is 1. The molecule has 1 saturated carbocycles. The van der Waals surface area contributed by atoms with Gasteiger partial charge in [0.15, 0.2) is 0 Å². The largest absolute Gasteiger partial charge is 0.478 e. The molecule has 0 atom stereocenters. The summed E-state index contributed by atoms with van der Waals surface area (Å²) in [4.78, 5) is 37.4. The van der Waals surface area contributed by atoms with Crippen LogP contribution in [0.4, 0.5) is 5.82 Å². The third-order valence-corrected chi connectivity index (χ3v) is 4.95. The lowest BCUT2D eigenvalue weighted by molar-refractivity contribution is 0.0169. The SMILES string of the molecule is Nc1[nH]c(=O)c(C(=O)O)c(-c2ccc(COC3CCCCC3)cc2)c1C(=O)O. The number of carbonyl (C=O) groups is 2. The number of carboxylic acid groups (broad SMARTS) is 2. The Balaban J connectivity index is 1.93. The highest BCUT2D eigenvalue weighted by Crippen LogP contribution is 2.29. The number of ether oxygens (including phenoxy) is 1. The van der Waals surface area contributed by atoms with E-state index in [0.29, 0.717) is 6.61 Å². The molecule has 1 aromatic carbocycles. The van der Waals surface area contributed by atoms with Crippen molar-refractivity contribution < 1.29 is 24.5 Å². The molecule has 0 bridgehead atoms. The Morgan fingerprint density at radius 1 is 1.04 bits per heavy atom. The fourth-order valence-electron chi connectivity index (χ4n) is 3.55. The summed E-state index contributed by atoms with van der Waals surface area (Å²) in [5, 5.41) is 18.9. The van der Waals surface area contributed by atoms with Gasteiger partial charge in [-0.2, -0.15) is 0 Å². The summed E-state index contributed by atoms with van der Waals surface area (Å²) in [6.07, 6.45) is 5.93. The molecule has 0 saturated heterocycles. The van der Waals surface area contributed by atoms with Gasteiger partial charge in [0, 0.05) is 5.56 Å². The number of aromatic carboxylic acids is 2. The Hall–Kier alpha value is -3.13. The predicted molar refractivity (Wildman–Crippen MR) is 102 cm³/mol. The second-order valence-electron chi connectivity index (χ2n) is 6.87. The maximum Gasteiger partial charge on any atom is 0.342 e. The van der Waals surface area contributed by atoms with Gasteiger partial charge in [-0.25, -0.2) is 9.59 Å². The third kappa shape index (κ3) is 4.07. The van der Waals surface area contributed by atoms with Gasteiger partial charge < -0.3 is 25.7 Å². The number of benzene rings is 1. The van der Waals surface area contributed by atoms with E-state index < -0.39 is 28.6 Å². The Morgan fingerprint density at radius 2 is 1.64 bits per heavy atom. The van der Waals surface area contributed by atoms with Gasteiger partial charge in [0.2, 0.25) is 0 Å². The molecule has 148 valence electrons. The molecule has 28 heavy (non-hydrogen) atoms. The zero-order valence-corrected chi connectivity index (χ0v) is 15.2. The van der Waals surface area contributed by atoms with Gasteiger partial charge in [-0.1, -0.05) is 43.5 Å². The van der Waals surface area contributed by atoms with Gasteiger partial charge >= 0.3 is 11.9 Å². The zero-order chi connectivity index (χ0) is 20.3. The van der Waals surface area contributed by atoms with Gasteiger partial charge in [0.05, 0.1) is 12.7 Å². The van der Waals surface area contributed by atoms with Crippen molar-refractivity contribution in [3.8, 4) is 11.1 Å². The van der Waals surface area contributed by atoms with E-state index in [-0.39, 0.29) is 23.0 Å². The fourth-order valence-corrected chi connectivity index (χ4v) is 3.55. The molecule has 1 aliphatic carbocycles. The van der Waals surface area contributed by atoms with Crippen LogP contribution in [0, 0.1) is 0 Å². The van der Waals surface area contributed by atoms with Crippen LogP contribution in [0.5, 0.6) is 0 Å². The molecule has 1 aromatic heterocycles. The Kier molecular flexibility index (Phi) is 5.79. The third-order valence-electron chi connectivity index (χ3n) is 4.95. The van der Waals surface area contributed by atoms with Crippen molar-refractivity contribution in [3.63, 3.8) is 0 Å². The van der Waals surface area contributed by atoms with Gasteiger partial charge in [0.25, 0.3) is 5.56 Å². The van der Waals surface area contributed by atoms with Crippen LogP contribution in [-0.2, 0) is 11.3 Å². The number of anilines is 1. The van der Waals surface area contributed by atoms with E-state index in [1.165, 1.54) is 19.3 Å². The van der Waals surface area contributed by atoms with Crippen molar-refractivity contribution in [1.82, 2.24) is 4.98 Å². The first-order valence-corrected chi connectivity index (χ1v) is 9.11. The van der Waals surface area contributed by atoms with Crippen molar-refractivity contribution in [2.75, 3.05) is 5.73 Å². The van der Waals surface area contributed by atoms with E-state index in [1.807, 2.05) is 0 Å². The molecule has 1 aliphatic rings. The second-order valence-corrected chi connectivity index (χ2v) is 6.87. The van der Waals surface area contributed by atoms with Crippen LogP contribution in [-0.4, -0.2) is 33.2 Å². The quantitative estimate of drug-likeness (QED) is 0.598. The standard InChI is InChI=1S/C20H22N2O6/c21-17-15(19(24)25)14(16(20(26)27)18(23)22-17)12-8-6-11(7-9-12)10-28-13-4-2-1-3-5-13/h6-9,13H,1-5,10H2,(H,24,25)(H,26,27)(H3,21,22,23). The minimum Gasteiger partial charge on any atom is -0.478 e. The van der Waals surface area contributed by atoms with E-state index in [2.05, 4.69) is 4.98 Å². The van der Waals surface area contributed by atoms with E-state index in [4.69, 9.17) is 10.5 Å². The maximum absolute atomic E-state index is 12.1. The highest BCUT2D eigenvalue weighted by atomic mass is 16.5. The highest BCUT2D eigenvalue weighted by molar-refractivity contribution is 6.07. The van der Waals surface area contributed by atoms with Crippen LogP contribution in [0.1, 0.15) is 58.4 Å². The van der Waals surface area contributed by atoms with Gasteiger partial charge in [-0.15, -0.1) is 0 Å². The summed E-state index contributed by atoms with van der Waals surface area (Å²) >= 11 is 0. The Labute approximate surface area is 161 Å². The first kappa shape index (κ1) is 19.6. The molecule has 0 radical (unpaired) electrons. The minimum absolute atomic E-state index is 0.207. The minimum atomic E-state index is -1.52. The van der Waals surface area contributed by atoms with Crippen molar-refractivity contribution in [2.24, 2.45) is 0 Å². The molecule has 0 aliphatic heterocycles. The molecule has 3 rings (SSSR count). The summed E-state index contributed by atoms with van der Waals surface area (Å²) in [5.41, 5.74) is 4.55.